The van der Waals surface area contributed by atoms with E-state index in [0.29, 0.717) is 19.0 Å². The molecule has 0 radical (unpaired) electrons. The number of alkyl halides is 3. The molecular weight excluding hydrogens is 496 g/mol. The van der Waals surface area contributed by atoms with Crippen LogP contribution >= 0.6 is 0 Å². The van der Waals surface area contributed by atoms with Crippen molar-refractivity contribution in [3.05, 3.63) is 65.2 Å². The molecule has 37 heavy (non-hydrogen) atoms. The summed E-state index contributed by atoms with van der Waals surface area (Å²) >= 11 is 0. The maximum absolute atomic E-state index is 13.4. The second-order valence-electron chi connectivity index (χ2n) is 9.36. The molecule has 2 fully saturated rings. The predicted molar refractivity (Wildman–Crippen MR) is 123 cm³/mol. The van der Waals surface area contributed by atoms with Gasteiger partial charge in [-0.2, -0.15) is 13.2 Å². The molecule has 0 bridgehead atoms. The van der Waals surface area contributed by atoms with Gasteiger partial charge in [-0.1, -0.05) is 12.1 Å². The van der Waals surface area contributed by atoms with E-state index < -0.39 is 35.6 Å². The summed E-state index contributed by atoms with van der Waals surface area (Å²) in [6.45, 7) is 0.955. The fourth-order valence-corrected chi connectivity index (χ4v) is 4.98. The molecule has 1 aromatic carbocycles. The minimum atomic E-state index is -4.54. The highest BCUT2D eigenvalue weighted by atomic mass is 19.4. The first kappa shape index (κ1) is 26.4. The van der Waals surface area contributed by atoms with Gasteiger partial charge in [0.1, 0.15) is 11.5 Å². The van der Waals surface area contributed by atoms with E-state index in [0.717, 1.165) is 17.7 Å². The van der Waals surface area contributed by atoms with E-state index in [9.17, 15) is 37.1 Å². The van der Waals surface area contributed by atoms with Gasteiger partial charge in [0, 0.05) is 51.3 Å². The summed E-state index contributed by atoms with van der Waals surface area (Å²) in [4.78, 5) is 45.6. The summed E-state index contributed by atoms with van der Waals surface area (Å²) in [6, 6.07) is 7.14. The average molecular weight is 522 g/mol. The highest BCUT2D eigenvalue weighted by Crippen LogP contribution is 2.33. The summed E-state index contributed by atoms with van der Waals surface area (Å²) in [5.41, 5.74) is -0.303. The van der Waals surface area contributed by atoms with Gasteiger partial charge < -0.3 is 19.8 Å². The Balaban J connectivity index is 1.39. The first-order chi connectivity index (χ1) is 17.5. The van der Waals surface area contributed by atoms with E-state index in [2.05, 4.69) is 4.98 Å². The number of rotatable bonds is 4. The van der Waals surface area contributed by atoms with Crippen LogP contribution in [0.3, 0.4) is 0 Å². The first-order valence-corrected chi connectivity index (χ1v) is 11.8. The third-order valence-electron chi connectivity index (χ3n) is 7.14. The van der Waals surface area contributed by atoms with Gasteiger partial charge >= 0.3 is 12.3 Å². The molecule has 0 saturated carbocycles. The molecule has 8 nitrogen and oxygen atoms in total. The monoisotopic (exact) mass is 522 g/mol. The minimum Gasteiger partial charge on any atom is -0.465 e. The van der Waals surface area contributed by atoms with E-state index in [1.807, 2.05) is 0 Å². The maximum Gasteiger partial charge on any atom is 0.417 e. The van der Waals surface area contributed by atoms with E-state index in [-0.39, 0.29) is 49.6 Å². The molecule has 2 aliphatic rings. The molecule has 2 atom stereocenters. The Hall–Kier alpha value is -3.70. The largest absolute Gasteiger partial charge is 0.465 e. The number of likely N-dealkylation sites (tertiary alicyclic amines) is 2. The van der Waals surface area contributed by atoms with Crippen LogP contribution < -0.4 is 0 Å². The van der Waals surface area contributed by atoms with Crippen molar-refractivity contribution in [3.63, 3.8) is 0 Å². The number of benzene rings is 1. The van der Waals surface area contributed by atoms with E-state index in [4.69, 9.17) is 0 Å². The molecule has 12 heteroatoms. The van der Waals surface area contributed by atoms with E-state index in [1.54, 1.807) is 17.0 Å². The van der Waals surface area contributed by atoms with E-state index >= 15 is 0 Å². The molecule has 0 aliphatic carbocycles. The lowest BCUT2D eigenvalue weighted by atomic mass is 9.93. The van der Waals surface area contributed by atoms with Crippen LogP contribution in [-0.2, 0) is 11.0 Å². The van der Waals surface area contributed by atoms with Crippen molar-refractivity contribution in [1.29, 1.82) is 0 Å². The van der Waals surface area contributed by atoms with Gasteiger partial charge in [-0.25, -0.2) is 9.18 Å². The smallest absolute Gasteiger partial charge is 0.417 e. The Morgan fingerprint density at radius 1 is 1.00 bits per heavy atom. The Morgan fingerprint density at radius 3 is 2.19 bits per heavy atom. The van der Waals surface area contributed by atoms with Crippen LogP contribution in [0.15, 0.2) is 42.6 Å². The Labute approximate surface area is 210 Å². The number of piperidine rings is 1. The number of aromatic nitrogens is 1. The van der Waals surface area contributed by atoms with Crippen LogP contribution in [0.5, 0.6) is 0 Å². The summed E-state index contributed by atoms with van der Waals surface area (Å²) in [7, 11) is 1.44. The number of carboxylic acid groups (broad SMARTS) is 1. The highest BCUT2D eigenvalue weighted by molar-refractivity contribution is 5.92. The van der Waals surface area contributed by atoms with Crippen LogP contribution in [0.4, 0.5) is 22.4 Å². The predicted octanol–water partition coefficient (Wildman–Crippen LogP) is 3.70. The van der Waals surface area contributed by atoms with E-state index in [1.165, 1.54) is 29.0 Å². The highest BCUT2D eigenvalue weighted by Gasteiger charge is 2.42. The zero-order valence-corrected chi connectivity index (χ0v) is 20.0. The van der Waals surface area contributed by atoms with Crippen molar-refractivity contribution in [1.82, 2.24) is 19.7 Å². The van der Waals surface area contributed by atoms with Crippen molar-refractivity contribution in [3.8, 4) is 0 Å². The standard InChI is InChI=1S/C25H26F4N4O4/c1-31(24(36)37)21-14-33(13-19(21)15-2-5-18(26)6-3-15)22(34)16-8-10-32(11-9-16)23(35)20-7-4-17(12-30-20)25(27,28)29/h2-7,12,16,19,21H,8-11,13-14H2,1H3,(H,36,37)/t19-,21+/m0/s1. The molecule has 0 spiro atoms. The van der Waals surface area contributed by atoms with Gasteiger partial charge in [-0.15, -0.1) is 0 Å². The van der Waals surface area contributed by atoms with Crippen molar-refractivity contribution >= 4 is 17.9 Å². The van der Waals surface area contributed by atoms with Crippen LogP contribution in [0.2, 0.25) is 0 Å². The molecule has 3 amide bonds. The number of amides is 3. The van der Waals surface area contributed by atoms with Crippen LogP contribution in [0, 0.1) is 11.7 Å². The molecule has 3 heterocycles. The van der Waals surface area contributed by atoms with Crippen molar-refractivity contribution in [2.24, 2.45) is 5.92 Å². The molecule has 2 aromatic rings. The third-order valence-corrected chi connectivity index (χ3v) is 7.14. The SMILES string of the molecule is CN(C(=O)O)[C@@H]1CN(C(=O)C2CCN(C(=O)c3ccc(C(F)(F)F)cn3)CC2)C[C@H]1c1ccc(F)cc1. The van der Waals surface area contributed by atoms with Gasteiger partial charge in [-0.05, 0) is 42.7 Å². The summed E-state index contributed by atoms with van der Waals surface area (Å²) in [6.07, 6.45) is -4.32. The summed E-state index contributed by atoms with van der Waals surface area (Å²) in [5.74, 6) is -1.76. The summed E-state index contributed by atoms with van der Waals surface area (Å²) < 4.78 is 51.7. The number of hydrogen-bond acceptors (Lipinski definition) is 4. The molecule has 2 aliphatic heterocycles. The molecular formula is C25H26F4N4O4. The number of likely N-dealkylation sites (N-methyl/N-ethyl adjacent to an activating group) is 1. The molecule has 1 aromatic heterocycles. The number of carbonyl (C=O) groups excluding carboxylic acids is 2. The topological polar surface area (TPSA) is 94.0 Å². The van der Waals surface area contributed by atoms with Gasteiger partial charge in [0.2, 0.25) is 5.91 Å². The number of carbonyl (C=O) groups is 3. The third kappa shape index (κ3) is 5.67. The zero-order valence-electron chi connectivity index (χ0n) is 20.0. The molecule has 4 rings (SSSR count). The average Bonchev–Trinajstić information content (AvgIpc) is 3.32. The maximum atomic E-state index is 13.4. The zero-order chi connectivity index (χ0) is 26.9. The first-order valence-electron chi connectivity index (χ1n) is 11.8. The molecule has 0 unspecified atom stereocenters. The lowest BCUT2D eigenvalue weighted by molar-refractivity contribution is -0.138. The summed E-state index contributed by atoms with van der Waals surface area (Å²) in [5, 5.41) is 9.52. The van der Waals surface area contributed by atoms with Crippen LogP contribution in [-0.4, -0.2) is 82.0 Å². The number of pyridine rings is 1. The number of hydrogen-bond donors (Lipinski definition) is 1. The normalized spacial score (nSPS) is 20.7. The van der Waals surface area contributed by atoms with Gasteiger partial charge in [0.25, 0.3) is 5.91 Å². The van der Waals surface area contributed by atoms with Gasteiger partial charge in [-0.3, -0.25) is 14.6 Å². The van der Waals surface area contributed by atoms with Crippen LogP contribution in [0.1, 0.15) is 40.4 Å². The second kappa shape index (κ2) is 10.3. The van der Waals surface area contributed by atoms with Crippen molar-refractivity contribution in [2.75, 3.05) is 33.2 Å². The molecule has 1 N–H and O–H groups in total. The lowest BCUT2D eigenvalue weighted by Gasteiger charge is -2.33. The Kier molecular flexibility index (Phi) is 7.37. The Bertz CT molecular complexity index is 1150. The number of nitrogens with zero attached hydrogens (tertiary/aromatic N) is 4. The molecule has 198 valence electrons. The van der Waals surface area contributed by atoms with Crippen molar-refractivity contribution in [2.45, 2.75) is 31.0 Å². The quantitative estimate of drug-likeness (QED) is 0.619. The lowest BCUT2D eigenvalue weighted by Crippen LogP contribution is -2.45. The van der Waals surface area contributed by atoms with Gasteiger partial charge in [0.15, 0.2) is 0 Å². The Morgan fingerprint density at radius 2 is 1.65 bits per heavy atom. The minimum absolute atomic E-state index is 0.0981. The fraction of sp³-hybridized carbons (Fsp3) is 0.440. The number of halogens is 4. The van der Waals surface area contributed by atoms with Crippen molar-refractivity contribution < 1.29 is 37.1 Å². The van der Waals surface area contributed by atoms with Gasteiger partial charge in [0.05, 0.1) is 11.6 Å². The molecule has 2 saturated heterocycles. The second-order valence-corrected chi connectivity index (χ2v) is 9.36. The van der Waals surface area contributed by atoms with Crippen LogP contribution in [0.25, 0.3) is 0 Å². The fourth-order valence-electron chi connectivity index (χ4n) is 4.98.